The number of para-hydroxylation sites is 4. The van der Waals surface area contributed by atoms with E-state index in [4.69, 9.17) is 18.9 Å². The fraction of sp³-hybridized carbons (Fsp3) is 0.478. The molecular formula is C23H30N2O5. The number of piperazine rings is 1. The SMILES string of the molecule is COc1ccccc1N1CCN(C[C@@H](O)COC[C@@H]2COc3ccccc3O2)CC1. The molecule has 2 aliphatic rings. The van der Waals surface area contributed by atoms with Crippen LogP contribution in [0.3, 0.4) is 0 Å². The number of ether oxygens (including phenoxy) is 4. The average molecular weight is 415 g/mol. The molecule has 0 radical (unpaired) electrons. The van der Waals surface area contributed by atoms with Crippen LogP contribution in [0.15, 0.2) is 48.5 Å². The number of fused-ring (bicyclic) bond motifs is 1. The van der Waals surface area contributed by atoms with Crippen LogP contribution in [0.25, 0.3) is 0 Å². The van der Waals surface area contributed by atoms with Crippen molar-refractivity contribution in [3.05, 3.63) is 48.5 Å². The molecule has 4 rings (SSSR count). The molecule has 1 N–H and O–H groups in total. The Hall–Kier alpha value is -2.48. The minimum atomic E-state index is -0.528. The van der Waals surface area contributed by atoms with Gasteiger partial charge in [-0.25, -0.2) is 0 Å². The van der Waals surface area contributed by atoms with Crippen LogP contribution in [-0.4, -0.2) is 81.9 Å². The summed E-state index contributed by atoms with van der Waals surface area (Å²) < 4.78 is 22.7. The quantitative estimate of drug-likeness (QED) is 0.709. The number of aliphatic hydroxyl groups is 1. The highest BCUT2D eigenvalue weighted by atomic mass is 16.6. The Bertz CT molecular complexity index is 810. The summed E-state index contributed by atoms with van der Waals surface area (Å²) in [6.07, 6.45) is -0.684. The monoisotopic (exact) mass is 414 g/mol. The van der Waals surface area contributed by atoms with Gasteiger partial charge in [-0.2, -0.15) is 0 Å². The Morgan fingerprint density at radius 3 is 2.57 bits per heavy atom. The van der Waals surface area contributed by atoms with Gasteiger partial charge in [0.1, 0.15) is 12.4 Å². The van der Waals surface area contributed by atoms with Crippen LogP contribution in [0.4, 0.5) is 5.69 Å². The van der Waals surface area contributed by atoms with Crippen molar-refractivity contribution in [1.29, 1.82) is 0 Å². The van der Waals surface area contributed by atoms with Gasteiger partial charge in [-0.15, -0.1) is 0 Å². The lowest BCUT2D eigenvalue weighted by Crippen LogP contribution is -2.49. The van der Waals surface area contributed by atoms with Crippen molar-refractivity contribution >= 4 is 5.69 Å². The van der Waals surface area contributed by atoms with E-state index in [2.05, 4.69) is 15.9 Å². The van der Waals surface area contributed by atoms with Crippen LogP contribution in [0.5, 0.6) is 17.2 Å². The molecule has 2 aromatic rings. The molecule has 162 valence electrons. The highest BCUT2D eigenvalue weighted by Crippen LogP contribution is 2.31. The number of hydrogen-bond acceptors (Lipinski definition) is 7. The first-order valence-corrected chi connectivity index (χ1v) is 10.5. The molecule has 0 aliphatic carbocycles. The molecule has 7 heteroatoms. The van der Waals surface area contributed by atoms with Crippen molar-refractivity contribution in [3.8, 4) is 17.2 Å². The Morgan fingerprint density at radius 1 is 1.03 bits per heavy atom. The van der Waals surface area contributed by atoms with Gasteiger partial charge < -0.3 is 29.0 Å². The van der Waals surface area contributed by atoms with Crippen LogP contribution >= 0.6 is 0 Å². The number of aliphatic hydroxyl groups excluding tert-OH is 1. The maximum atomic E-state index is 10.4. The van der Waals surface area contributed by atoms with Crippen LogP contribution < -0.4 is 19.1 Å². The minimum Gasteiger partial charge on any atom is -0.495 e. The molecule has 0 aromatic heterocycles. The Balaban J connectivity index is 1.16. The highest BCUT2D eigenvalue weighted by Gasteiger charge is 2.23. The third kappa shape index (κ3) is 5.16. The van der Waals surface area contributed by atoms with Crippen LogP contribution in [-0.2, 0) is 4.74 Å². The molecule has 2 aliphatic heterocycles. The summed E-state index contributed by atoms with van der Waals surface area (Å²) in [6, 6.07) is 15.7. The lowest BCUT2D eigenvalue weighted by Gasteiger charge is -2.37. The lowest BCUT2D eigenvalue weighted by atomic mass is 10.2. The first-order valence-electron chi connectivity index (χ1n) is 10.5. The molecule has 30 heavy (non-hydrogen) atoms. The third-order valence-electron chi connectivity index (χ3n) is 5.45. The molecule has 1 saturated heterocycles. The van der Waals surface area contributed by atoms with Crippen molar-refractivity contribution in [3.63, 3.8) is 0 Å². The standard InChI is InChI=1S/C23H30N2O5/c1-27-21-7-3-2-6-20(21)25-12-10-24(11-13-25)14-18(26)15-28-16-19-17-29-22-8-4-5-9-23(22)30-19/h2-9,18-19,26H,10-17H2,1H3/t18-,19-/m1/s1. The Morgan fingerprint density at radius 2 is 1.77 bits per heavy atom. The number of nitrogens with zero attached hydrogens (tertiary/aromatic N) is 2. The second kappa shape index (κ2) is 10.0. The van der Waals surface area contributed by atoms with Crippen molar-refractivity contribution < 1.29 is 24.1 Å². The maximum absolute atomic E-state index is 10.4. The summed E-state index contributed by atoms with van der Waals surface area (Å²) in [5.74, 6) is 2.41. The number of rotatable bonds is 8. The van der Waals surface area contributed by atoms with Gasteiger partial charge in [0.25, 0.3) is 0 Å². The van der Waals surface area contributed by atoms with Gasteiger partial charge in [0.15, 0.2) is 17.6 Å². The van der Waals surface area contributed by atoms with E-state index in [1.54, 1.807) is 7.11 Å². The smallest absolute Gasteiger partial charge is 0.161 e. The summed E-state index contributed by atoms with van der Waals surface area (Å²) in [5, 5.41) is 10.4. The summed E-state index contributed by atoms with van der Waals surface area (Å²) in [4.78, 5) is 4.60. The van der Waals surface area contributed by atoms with Gasteiger partial charge >= 0.3 is 0 Å². The molecule has 2 aromatic carbocycles. The molecule has 0 amide bonds. The summed E-state index contributed by atoms with van der Waals surface area (Å²) in [6.45, 7) is 5.34. The molecular weight excluding hydrogens is 384 g/mol. The van der Waals surface area contributed by atoms with E-state index in [1.807, 2.05) is 42.5 Å². The number of hydrogen-bond donors (Lipinski definition) is 1. The molecule has 2 atom stereocenters. The Labute approximate surface area is 177 Å². The number of β-amino-alcohol motifs (C(OH)–C–C–N with tert-alkyl or cyclic N) is 1. The number of benzene rings is 2. The predicted molar refractivity (Wildman–Crippen MR) is 115 cm³/mol. The largest absolute Gasteiger partial charge is 0.495 e. The van der Waals surface area contributed by atoms with E-state index in [0.717, 1.165) is 49.1 Å². The fourth-order valence-electron chi connectivity index (χ4n) is 3.89. The molecule has 0 unspecified atom stereocenters. The lowest BCUT2D eigenvalue weighted by molar-refractivity contribution is -0.0292. The van der Waals surface area contributed by atoms with E-state index in [1.165, 1.54) is 0 Å². The zero-order chi connectivity index (χ0) is 20.8. The minimum absolute atomic E-state index is 0.156. The highest BCUT2D eigenvalue weighted by molar-refractivity contribution is 5.58. The van der Waals surface area contributed by atoms with Crippen LogP contribution in [0.2, 0.25) is 0 Å². The average Bonchev–Trinajstić information content (AvgIpc) is 2.79. The summed E-state index contributed by atoms with van der Waals surface area (Å²) in [5.41, 5.74) is 1.12. The fourth-order valence-corrected chi connectivity index (χ4v) is 3.89. The van der Waals surface area contributed by atoms with Crippen LogP contribution in [0.1, 0.15) is 0 Å². The normalized spacial score (nSPS) is 20.1. The zero-order valence-electron chi connectivity index (χ0n) is 17.4. The molecule has 0 saturated carbocycles. The Kier molecular flexibility index (Phi) is 6.94. The van der Waals surface area contributed by atoms with Gasteiger partial charge in [0, 0.05) is 32.7 Å². The third-order valence-corrected chi connectivity index (χ3v) is 5.45. The first kappa shape index (κ1) is 20.8. The van der Waals surface area contributed by atoms with Gasteiger partial charge in [0.2, 0.25) is 0 Å². The predicted octanol–water partition coefficient (Wildman–Crippen LogP) is 2.03. The zero-order valence-corrected chi connectivity index (χ0v) is 17.4. The maximum Gasteiger partial charge on any atom is 0.161 e. The molecule has 1 fully saturated rings. The van der Waals surface area contributed by atoms with E-state index in [-0.39, 0.29) is 12.7 Å². The number of anilines is 1. The van der Waals surface area contributed by atoms with E-state index >= 15 is 0 Å². The van der Waals surface area contributed by atoms with Crippen molar-refractivity contribution in [2.75, 3.05) is 64.6 Å². The van der Waals surface area contributed by atoms with Gasteiger partial charge in [-0.05, 0) is 24.3 Å². The van der Waals surface area contributed by atoms with Gasteiger partial charge in [0.05, 0.1) is 32.1 Å². The topological polar surface area (TPSA) is 63.6 Å². The second-order valence-electron chi connectivity index (χ2n) is 7.65. The summed E-state index contributed by atoms with van der Waals surface area (Å²) in [7, 11) is 1.70. The van der Waals surface area contributed by atoms with Gasteiger partial charge in [-0.3, -0.25) is 4.90 Å². The molecule has 7 nitrogen and oxygen atoms in total. The van der Waals surface area contributed by atoms with Crippen molar-refractivity contribution in [2.45, 2.75) is 12.2 Å². The molecule has 2 heterocycles. The first-order chi connectivity index (χ1) is 14.7. The van der Waals surface area contributed by atoms with Gasteiger partial charge in [-0.1, -0.05) is 24.3 Å². The second-order valence-corrected chi connectivity index (χ2v) is 7.65. The van der Waals surface area contributed by atoms with Crippen molar-refractivity contribution in [2.24, 2.45) is 0 Å². The molecule has 0 spiro atoms. The van der Waals surface area contributed by atoms with Crippen LogP contribution in [0, 0.1) is 0 Å². The van der Waals surface area contributed by atoms with E-state index in [0.29, 0.717) is 19.8 Å². The number of methoxy groups -OCH3 is 1. The van der Waals surface area contributed by atoms with Crippen molar-refractivity contribution in [1.82, 2.24) is 4.90 Å². The molecule has 0 bridgehead atoms. The van der Waals surface area contributed by atoms with E-state index < -0.39 is 6.10 Å². The summed E-state index contributed by atoms with van der Waals surface area (Å²) >= 11 is 0. The van der Waals surface area contributed by atoms with E-state index in [9.17, 15) is 5.11 Å².